The van der Waals surface area contributed by atoms with Crippen LogP contribution in [0.2, 0.25) is 0 Å². The largest absolute Gasteiger partial charge is 0.470 e. The molecule has 2 atom stereocenters. The van der Waals surface area contributed by atoms with Gasteiger partial charge in [-0.1, -0.05) is 19.1 Å². The van der Waals surface area contributed by atoms with Gasteiger partial charge in [-0.2, -0.15) is 4.98 Å². The first-order chi connectivity index (χ1) is 11.2. The van der Waals surface area contributed by atoms with Gasteiger partial charge in [0.05, 0.1) is 5.60 Å². The quantitative estimate of drug-likeness (QED) is 0.802. The van der Waals surface area contributed by atoms with Crippen molar-refractivity contribution < 1.29 is 9.84 Å². The highest BCUT2D eigenvalue weighted by Crippen LogP contribution is 2.32. The molecule has 1 aromatic carbocycles. The summed E-state index contributed by atoms with van der Waals surface area (Å²) in [4.78, 5) is 8.52. The number of fused-ring (bicyclic) bond motifs is 1. The Bertz CT molecular complexity index is 755. The topological polar surface area (TPSA) is 93.3 Å². The predicted molar refractivity (Wildman–Crippen MR) is 93.8 cm³/mol. The molecular weight excluding hydrogens is 304 g/mol. The third-order valence-electron chi connectivity index (χ3n) is 4.28. The van der Waals surface area contributed by atoms with Crippen LogP contribution in [0.5, 0.6) is 5.75 Å². The SMILES string of the molecule is Cc1ccc2c(c1)O[C@H](Nc1ncc(C(C)(C)O)c(N)n1)[C@@H](C)C2. The Morgan fingerprint density at radius 3 is 2.79 bits per heavy atom. The van der Waals surface area contributed by atoms with Gasteiger partial charge in [0.25, 0.3) is 0 Å². The molecule has 128 valence electrons. The summed E-state index contributed by atoms with van der Waals surface area (Å²) in [6.07, 6.45) is 2.24. The Labute approximate surface area is 142 Å². The van der Waals surface area contributed by atoms with Crippen LogP contribution in [-0.2, 0) is 12.0 Å². The van der Waals surface area contributed by atoms with E-state index in [-0.39, 0.29) is 18.0 Å². The molecule has 6 heteroatoms. The molecule has 0 saturated heterocycles. The number of ether oxygens (including phenoxy) is 1. The van der Waals surface area contributed by atoms with E-state index in [1.807, 2.05) is 13.0 Å². The minimum absolute atomic E-state index is 0.230. The van der Waals surface area contributed by atoms with Gasteiger partial charge in [-0.05, 0) is 44.4 Å². The van der Waals surface area contributed by atoms with Crippen LogP contribution < -0.4 is 15.8 Å². The number of hydrogen-bond donors (Lipinski definition) is 3. The van der Waals surface area contributed by atoms with Crippen molar-refractivity contribution in [2.45, 2.75) is 45.9 Å². The van der Waals surface area contributed by atoms with Crippen molar-refractivity contribution in [2.75, 3.05) is 11.1 Å². The van der Waals surface area contributed by atoms with Crippen molar-refractivity contribution in [3.8, 4) is 5.75 Å². The Hall–Kier alpha value is -2.34. The van der Waals surface area contributed by atoms with E-state index in [9.17, 15) is 5.11 Å². The molecule has 0 aliphatic carbocycles. The number of nitrogens with zero attached hydrogens (tertiary/aromatic N) is 2. The molecule has 2 aromatic rings. The van der Waals surface area contributed by atoms with Gasteiger partial charge in [0.2, 0.25) is 5.95 Å². The third kappa shape index (κ3) is 3.28. The monoisotopic (exact) mass is 328 g/mol. The molecule has 0 unspecified atom stereocenters. The van der Waals surface area contributed by atoms with Crippen molar-refractivity contribution in [1.29, 1.82) is 0 Å². The van der Waals surface area contributed by atoms with Crippen molar-refractivity contribution in [3.63, 3.8) is 0 Å². The van der Waals surface area contributed by atoms with Crippen molar-refractivity contribution >= 4 is 11.8 Å². The lowest BCUT2D eigenvalue weighted by atomic mass is 9.95. The number of aromatic nitrogens is 2. The highest BCUT2D eigenvalue weighted by Gasteiger charge is 2.28. The molecule has 0 spiro atoms. The number of aliphatic hydroxyl groups is 1. The molecular formula is C18H24N4O2. The second-order valence-electron chi connectivity index (χ2n) is 7.03. The van der Waals surface area contributed by atoms with Crippen LogP contribution in [-0.4, -0.2) is 21.3 Å². The lowest BCUT2D eigenvalue weighted by molar-refractivity contribution is 0.0787. The summed E-state index contributed by atoms with van der Waals surface area (Å²) < 4.78 is 6.09. The molecule has 0 bridgehead atoms. The summed E-state index contributed by atoms with van der Waals surface area (Å²) in [5.74, 6) is 1.82. The van der Waals surface area contributed by atoms with Crippen LogP contribution in [0.1, 0.15) is 37.5 Å². The fraction of sp³-hybridized carbons (Fsp3) is 0.444. The molecule has 0 radical (unpaired) electrons. The van der Waals surface area contributed by atoms with Crippen molar-refractivity contribution in [2.24, 2.45) is 5.92 Å². The average Bonchev–Trinajstić information content (AvgIpc) is 2.47. The third-order valence-corrected chi connectivity index (χ3v) is 4.28. The Morgan fingerprint density at radius 2 is 2.12 bits per heavy atom. The zero-order valence-electron chi connectivity index (χ0n) is 14.5. The maximum atomic E-state index is 10.1. The first-order valence-corrected chi connectivity index (χ1v) is 8.12. The van der Waals surface area contributed by atoms with E-state index in [0.717, 1.165) is 17.7 Å². The minimum Gasteiger partial charge on any atom is -0.470 e. The number of nitrogen functional groups attached to an aromatic ring is 1. The number of benzene rings is 1. The van der Waals surface area contributed by atoms with Gasteiger partial charge in [-0.15, -0.1) is 0 Å². The molecule has 6 nitrogen and oxygen atoms in total. The van der Waals surface area contributed by atoms with E-state index in [2.05, 4.69) is 34.3 Å². The van der Waals surface area contributed by atoms with Gasteiger partial charge in [0.1, 0.15) is 11.6 Å². The minimum atomic E-state index is -1.08. The van der Waals surface area contributed by atoms with Crippen LogP contribution in [0.4, 0.5) is 11.8 Å². The van der Waals surface area contributed by atoms with Crippen LogP contribution in [0.25, 0.3) is 0 Å². The average molecular weight is 328 g/mol. The van der Waals surface area contributed by atoms with Gasteiger partial charge in [0, 0.05) is 17.7 Å². The first kappa shape index (κ1) is 16.5. The second-order valence-corrected chi connectivity index (χ2v) is 7.03. The van der Waals surface area contributed by atoms with E-state index in [4.69, 9.17) is 10.5 Å². The molecule has 0 amide bonds. The van der Waals surface area contributed by atoms with Crippen LogP contribution in [0.3, 0.4) is 0 Å². The molecule has 0 fully saturated rings. The van der Waals surface area contributed by atoms with E-state index in [1.54, 1.807) is 20.0 Å². The van der Waals surface area contributed by atoms with E-state index in [1.165, 1.54) is 5.56 Å². The molecule has 0 saturated carbocycles. The number of nitrogens with two attached hydrogens (primary N) is 1. The zero-order chi connectivity index (χ0) is 17.5. The maximum absolute atomic E-state index is 10.1. The smallest absolute Gasteiger partial charge is 0.227 e. The lowest BCUT2D eigenvalue weighted by Gasteiger charge is -2.32. The van der Waals surface area contributed by atoms with Crippen molar-refractivity contribution in [1.82, 2.24) is 9.97 Å². The Kier molecular flexibility index (Phi) is 4.09. The number of nitrogens with one attached hydrogen (secondary N) is 1. The van der Waals surface area contributed by atoms with Crippen LogP contribution in [0.15, 0.2) is 24.4 Å². The summed E-state index contributed by atoms with van der Waals surface area (Å²) >= 11 is 0. The molecule has 3 rings (SSSR count). The van der Waals surface area contributed by atoms with Gasteiger partial charge in [-0.3, -0.25) is 0 Å². The summed E-state index contributed by atoms with van der Waals surface area (Å²) in [6, 6.07) is 6.26. The highest BCUT2D eigenvalue weighted by molar-refractivity contribution is 5.46. The van der Waals surface area contributed by atoms with Gasteiger partial charge < -0.3 is 20.9 Å². The van der Waals surface area contributed by atoms with Gasteiger partial charge in [0.15, 0.2) is 6.23 Å². The number of hydrogen-bond acceptors (Lipinski definition) is 6. The summed E-state index contributed by atoms with van der Waals surface area (Å²) in [6.45, 7) is 7.47. The molecule has 24 heavy (non-hydrogen) atoms. The molecule has 1 aromatic heterocycles. The van der Waals surface area contributed by atoms with E-state index < -0.39 is 5.60 Å². The van der Waals surface area contributed by atoms with Crippen LogP contribution >= 0.6 is 0 Å². The Balaban J connectivity index is 1.80. The highest BCUT2D eigenvalue weighted by atomic mass is 16.5. The Morgan fingerprint density at radius 1 is 1.38 bits per heavy atom. The van der Waals surface area contributed by atoms with E-state index in [0.29, 0.717) is 11.5 Å². The normalized spacial score (nSPS) is 20.2. The number of aryl methyl sites for hydroxylation is 1. The standard InChI is InChI=1S/C18H24N4O2/c1-10-5-6-12-8-11(2)16(24-14(12)7-10)22-17-20-9-13(15(19)21-17)18(3,4)23/h5-7,9,11,16,23H,8H2,1-4H3,(H3,19,20,21,22)/t11-,16-/m0/s1. The maximum Gasteiger partial charge on any atom is 0.227 e. The fourth-order valence-corrected chi connectivity index (χ4v) is 2.88. The summed E-state index contributed by atoms with van der Waals surface area (Å²) in [7, 11) is 0. The molecule has 4 N–H and O–H groups in total. The molecule has 2 heterocycles. The predicted octanol–water partition coefficient (Wildman–Crippen LogP) is 2.60. The second kappa shape index (κ2) is 5.94. The van der Waals surface area contributed by atoms with Crippen LogP contribution in [0, 0.1) is 12.8 Å². The van der Waals surface area contributed by atoms with Crippen molar-refractivity contribution in [3.05, 3.63) is 41.1 Å². The van der Waals surface area contributed by atoms with Gasteiger partial charge in [-0.25, -0.2) is 4.98 Å². The fourth-order valence-electron chi connectivity index (χ4n) is 2.88. The molecule has 1 aliphatic heterocycles. The number of anilines is 2. The van der Waals surface area contributed by atoms with E-state index >= 15 is 0 Å². The molecule has 1 aliphatic rings. The summed E-state index contributed by atoms with van der Waals surface area (Å²) in [5, 5.41) is 13.3. The summed E-state index contributed by atoms with van der Waals surface area (Å²) in [5.41, 5.74) is 7.76. The van der Waals surface area contributed by atoms with Gasteiger partial charge >= 0.3 is 0 Å². The number of rotatable bonds is 3. The first-order valence-electron chi connectivity index (χ1n) is 8.12. The zero-order valence-corrected chi connectivity index (χ0v) is 14.5. The lowest BCUT2D eigenvalue weighted by Crippen LogP contribution is -2.38.